The fourth-order valence-corrected chi connectivity index (χ4v) is 3.89. The summed E-state index contributed by atoms with van der Waals surface area (Å²) in [6.45, 7) is 3.90. The minimum Gasteiger partial charge on any atom is -0.463 e. The van der Waals surface area contributed by atoms with Gasteiger partial charge in [0.1, 0.15) is 4.21 Å². The second kappa shape index (κ2) is 5.35. The average molecular weight is 323 g/mol. The molecule has 10 heteroatoms. The number of aromatic nitrogens is 3. The number of ether oxygens (including phenoxy) is 1. The van der Waals surface area contributed by atoms with Gasteiger partial charge in [-0.25, -0.2) is 18.2 Å². The fourth-order valence-electron chi connectivity index (χ4n) is 1.23. The number of aromatic amines is 1. The molecule has 0 spiro atoms. The Hall–Kier alpha value is -1.32. The van der Waals surface area contributed by atoms with Crippen molar-refractivity contribution in [1.82, 2.24) is 15.2 Å². The zero-order valence-electron chi connectivity index (χ0n) is 10.1. The number of hydrogen-bond donors (Lipinski definition) is 2. The van der Waals surface area contributed by atoms with Crippen LogP contribution in [-0.4, -0.2) is 30.2 Å². The number of hydrogen-bond acceptors (Lipinski definition) is 6. The van der Waals surface area contributed by atoms with Gasteiger partial charge in [0.2, 0.25) is 5.95 Å². The van der Waals surface area contributed by atoms with E-state index in [1.807, 2.05) is 0 Å². The Morgan fingerprint density at radius 1 is 1.58 bits per heavy atom. The van der Waals surface area contributed by atoms with Gasteiger partial charge in [-0.15, -0.1) is 16.4 Å². The molecule has 2 rings (SSSR count). The van der Waals surface area contributed by atoms with Crippen molar-refractivity contribution in [3.63, 3.8) is 0 Å². The van der Waals surface area contributed by atoms with Gasteiger partial charge in [-0.1, -0.05) is 11.6 Å². The second-order valence-electron chi connectivity index (χ2n) is 3.53. The van der Waals surface area contributed by atoms with Crippen LogP contribution in [0.2, 0.25) is 4.34 Å². The average Bonchev–Trinajstić information content (AvgIpc) is 2.88. The van der Waals surface area contributed by atoms with E-state index in [4.69, 9.17) is 16.3 Å². The lowest BCUT2D eigenvalue weighted by Crippen LogP contribution is -2.12. The lowest BCUT2D eigenvalue weighted by molar-refractivity contribution is 0.314. The molecule has 19 heavy (non-hydrogen) atoms. The third kappa shape index (κ3) is 3.17. The van der Waals surface area contributed by atoms with Crippen LogP contribution >= 0.6 is 22.9 Å². The topological polar surface area (TPSA) is 97.0 Å². The van der Waals surface area contributed by atoms with Crippen LogP contribution in [0.5, 0.6) is 6.01 Å². The predicted molar refractivity (Wildman–Crippen MR) is 72.4 cm³/mol. The van der Waals surface area contributed by atoms with Crippen molar-refractivity contribution in [3.8, 4) is 6.01 Å². The minimum atomic E-state index is -3.72. The number of anilines is 1. The normalized spacial score (nSPS) is 11.5. The zero-order valence-corrected chi connectivity index (χ0v) is 12.5. The highest BCUT2D eigenvalue weighted by molar-refractivity contribution is 7.94. The van der Waals surface area contributed by atoms with Crippen LogP contribution in [0.25, 0.3) is 0 Å². The van der Waals surface area contributed by atoms with Gasteiger partial charge in [0.25, 0.3) is 10.0 Å². The van der Waals surface area contributed by atoms with Gasteiger partial charge >= 0.3 is 6.01 Å². The maximum Gasteiger partial charge on any atom is 0.337 e. The van der Waals surface area contributed by atoms with E-state index in [-0.39, 0.29) is 16.2 Å². The van der Waals surface area contributed by atoms with Crippen LogP contribution in [0.15, 0.2) is 10.3 Å². The summed E-state index contributed by atoms with van der Waals surface area (Å²) in [6, 6.07) is 1.58. The molecule has 104 valence electrons. The molecule has 0 unspecified atom stereocenters. The van der Waals surface area contributed by atoms with E-state index in [0.29, 0.717) is 16.5 Å². The maximum absolute atomic E-state index is 12.0. The number of aryl methyl sites for hydroxylation is 1. The van der Waals surface area contributed by atoms with Crippen LogP contribution in [0.4, 0.5) is 5.95 Å². The lowest BCUT2D eigenvalue weighted by Gasteiger charge is -2.00. The van der Waals surface area contributed by atoms with E-state index in [0.717, 1.165) is 11.3 Å². The van der Waals surface area contributed by atoms with Crippen molar-refractivity contribution in [2.24, 2.45) is 0 Å². The molecule has 0 aliphatic rings. The van der Waals surface area contributed by atoms with Gasteiger partial charge in [0.15, 0.2) is 0 Å². The molecule has 0 atom stereocenters. The molecule has 7 nitrogen and oxygen atoms in total. The molecule has 2 aromatic rings. The molecular formula is C9H11ClN4O3S2. The van der Waals surface area contributed by atoms with Gasteiger partial charge < -0.3 is 4.74 Å². The second-order valence-corrected chi connectivity index (χ2v) is 7.09. The van der Waals surface area contributed by atoms with Crippen molar-refractivity contribution in [3.05, 3.63) is 16.0 Å². The van der Waals surface area contributed by atoms with Crippen LogP contribution in [-0.2, 0) is 10.0 Å². The Labute approximate surface area is 119 Å². The number of rotatable bonds is 5. The van der Waals surface area contributed by atoms with Gasteiger partial charge in [-0.3, -0.25) is 0 Å². The van der Waals surface area contributed by atoms with Crippen molar-refractivity contribution >= 4 is 38.9 Å². The van der Waals surface area contributed by atoms with Gasteiger partial charge in [-0.2, -0.15) is 4.98 Å². The highest BCUT2D eigenvalue weighted by Crippen LogP contribution is 2.30. The van der Waals surface area contributed by atoms with E-state index in [2.05, 4.69) is 19.9 Å². The molecule has 0 fully saturated rings. The van der Waals surface area contributed by atoms with Crippen molar-refractivity contribution in [1.29, 1.82) is 0 Å². The number of halogens is 1. The van der Waals surface area contributed by atoms with E-state index >= 15 is 0 Å². The standard InChI is InChI=1S/C9H11ClN4O3S2/c1-3-17-9-11-8(12-13-9)14-19(15,16)6-4-5(2)7(10)18-6/h4H,3H2,1-2H3,(H2,11,12,13,14). The Morgan fingerprint density at radius 2 is 2.32 bits per heavy atom. The molecule has 0 aliphatic carbocycles. The van der Waals surface area contributed by atoms with E-state index in [1.54, 1.807) is 13.8 Å². The fraction of sp³-hybridized carbons (Fsp3) is 0.333. The largest absolute Gasteiger partial charge is 0.463 e. The van der Waals surface area contributed by atoms with Crippen molar-refractivity contribution < 1.29 is 13.2 Å². The quantitative estimate of drug-likeness (QED) is 0.877. The summed E-state index contributed by atoms with van der Waals surface area (Å²) in [4.78, 5) is 3.83. The molecule has 2 aromatic heterocycles. The summed E-state index contributed by atoms with van der Waals surface area (Å²) in [5.74, 6) is -0.00868. The Balaban J connectivity index is 2.20. The third-order valence-corrected chi connectivity index (χ3v) is 5.44. The van der Waals surface area contributed by atoms with E-state index in [1.165, 1.54) is 6.07 Å². The van der Waals surface area contributed by atoms with Crippen LogP contribution in [0.3, 0.4) is 0 Å². The number of sulfonamides is 1. The smallest absolute Gasteiger partial charge is 0.337 e. The van der Waals surface area contributed by atoms with Crippen molar-refractivity contribution in [2.45, 2.75) is 18.1 Å². The molecule has 0 saturated heterocycles. The molecule has 0 aromatic carbocycles. The van der Waals surface area contributed by atoms with Crippen LogP contribution in [0, 0.1) is 6.92 Å². The molecule has 0 amide bonds. The van der Waals surface area contributed by atoms with Crippen molar-refractivity contribution in [2.75, 3.05) is 11.3 Å². The number of nitrogens with one attached hydrogen (secondary N) is 2. The summed E-state index contributed by atoms with van der Waals surface area (Å²) in [5.41, 5.74) is 0.708. The summed E-state index contributed by atoms with van der Waals surface area (Å²) >= 11 is 6.83. The number of nitrogens with zero attached hydrogens (tertiary/aromatic N) is 2. The maximum atomic E-state index is 12.0. The SMILES string of the molecule is CCOc1n[nH]c(NS(=O)(=O)c2cc(C)c(Cl)s2)n1. The molecule has 0 saturated carbocycles. The monoisotopic (exact) mass is 322 g/mol. The van der Waals surface area contributed by atoms with Crippen LogP contribution < -0.4 is 9.46 Å². The number of thiophene rings is 1. The molecule has 0 bridgehead atoms. The molecule has 2 N–H and O–H groups in total. The van der Waals surface area contributed by atoms with Gasteiger partial charge in [-0.05, 0) is 25.5 Å². The highest BCUT2D eigenvalue weighted by Gasteiger charge is 2.20. The Bertz CT molecular complexity index is 660. The highest BCUT2D eigenvalue weighted by atomic mass is 35.5. The summed E-state index contributed by atoms with van der Waals surface area (Å²) in [5, 5.41) is 6.13. The molecule has 0 radical (unpaired) electrons. The molecular weight excluding hydrogens is 312 g/mol. The first-order valence-electron chi connectivity index (χ1n) is 5.26. The number of H-pyrrole nitrogens is 1. The zero-order chi connectivity index (χ0) is 14.0. The summed E-state index contributed by atoms with van der Waals surface area (Å²) in [7, 11) is -3.72. The van der Waals surface area contributed by atoms with E-state index < -0.39 is 10.0 Å². The molecule has 0 aliphatic heterocycles. The van der Waals surface area contributed by atoms with Gasteiger partial charge in [0, 0.05) is 0 Å². The minimum absolute atomic E-state index is 0.00868. The Kier molecular flexibility index (Phi) is 3.97. The first kappa shape index (κ1) is 14.1. The first-order valence-corrected chi connectivity index (χ1v) is 7.94. The van der Waals surface area contributed by atoms with E-state index in [9.17, 15) is 8.42 Å². The molecule has 2 heterocycles. The first-order chi connectivity index (χ1) is 8.92. The third-order valence-electron chi connectivity index (χ3n) is 2.07. The van der Waals surface area contributed by atoms with Gasteiger partial charge in [0.05, 0.1) is 10.9 Å². The van der Waals surface area contributed by atoms with Crippen LogP contribution in [0.1, 0.15) is 12.5 Å². The Morgan fingerprint density at radius 3 is 2.89 bits per heavy atom. The summed E-state index contributed by atoms with van der Waals surface area (Å²) < 4.78 is 31.9. The lowest BCUT2D eigenvalue weighted by atomic mass is 10.4. The predicted octanol–water partition coefficient (Wildman–Crippen LogP) is 2.03. The summed E-state index contributed by atoms with van der Waals surface area (Å²) in [6.07, 6.45) is 0.